The maximum absolute atomic E-state index is 11.1. The first-order valence-electron chi connectivity index (χ1n) is 9.28. The molecular formula is C23H18N2O4S. The molecule has 1 atom stereocenters. The Hall–Kier alpha value is -3.71. The van der Waals surface area contributed by atoms with Crippen LogP contribution >= 0.6 is 12.2 Å². The summed E-state index contributed by atoms with van der Waals surface area (Å²) in [7, 11) is 0. The lowest BCUT2D eigenvalue weighted by Crippen LogP contribution is -2.14. The van der Waals surface area contributed by atoms with E-state index in [1.807, 2.05) is 72.8 Å². The number of fused-ring (bicyclic) bond motifs is 1. The molecule has 0 fully saturated rings. The summed E-state index contributed by atoms with van der Waals surface area (Å²) in [5, 5.41) is 18.4. The molecule has 150 valence electrons. The Morgan fingerprint density at radius 1 is 0.933 bits per heavy atom. The minimum atomic E-state index is -1.10. The maximum atomic E-state index is 11.1. The van der Waals surface area contributed by atoms with E-state index in [2.05, 4.69) is 9.88 Å². The van der Waals surface area contributed by atoms with Crippen LogP contribution in [-0.2, 0) is 4.79 Å². The molecule has 2 N–H and O–H groups in total. The van der Waals surface area contributed by atoms with Crippen LogP contribution in [0.5, 0.6) is 0 Å². The summed E-state index contributed by atoms with van der Waals surface area (Å²) in [5.41, 5.74) is 3.84. The van der Waals surface area contributed by atoms with Crippen LogP contribution in [0.25, 0.3) is 11.1 Å². The zero-order valence-electron chi connectivity index (χ0n) is 15.8. The van der Waals surface area contributed by atoms with Crippen molar-refractivity contribution in [2.75, 3.05) is 4.90 Å². The molecule has 0 aliphatic heterocycles. The van der Waals surface area contributed by atoms with Crippen LogP contribution in [0.15, 0.2) is 83.3 Å². The predicted molar refractivity (Wildman–Crippen MR) is 119 cm³/mol. The number of aromatic nitrogens is 1. The van der Waals surface area contributed by atoms with E-state index in [0.717, 1.165) is 17.1 Å². The molecule has 0 amide bonds. The fourth-order valence-corrected chi connectivity index (χ4v) is 3.46. The van der Waals surface area contributed by atoms with Gasteiger partial charge in [0.25, 0.3) is 0 Å². The zero-order chi connectivity index (χ0) is 21.1. The standard InChI is InChI=1S/C23H18N2O4S/c26-21(27)14-18(23(28)30)22-24-19-12-11-17(13-20(19)29-22)25(15-7-3-1-4-8-15)16-9-5-2-6-10-16/h1-13,18H,14H2,(H,26,27)(H,28,30). The van der Waals surface area contributed by atoms with Crippen LogP contribution in [-0.4, -0.2) is 26.2 Å². The number of carboxylic acid groups (broad SMARTS) is 1. The average Bonchev–Trinajstić information content (AvgIpc) is 3.16. The molecule has 0 aliphatic carbocycles. The molecule has 0 radical (unpaired) electrons. The summed E-state index contributed by atoms with van der Waals surface area (Å²) >= 11 is 4.80. The Morgan fingerprint density at radius 2 is 1.53 bits per heavy atom. The highest BCUT2D eigenvalue weighted by Gasteiger charge is 2.26. The van der Waals surface area contributed by atoms with Crippen LogP contribution in [0.3, 0.4) is 0 Å². The Labute approximate surface area is 178 Å². The maximum Gasteiger partial charge on any atom is 0.304 e. The third-order valence-corrected chi connectivity index (χ3v) is 4.94. The molecular weight excluding hydrogens is 400 g/mol. The number of aliphatic hydroxyl groups is 1. The van der Waals surface area contributed by atoms with Gasteiger partial charge in [0.2, 0.25) is 5.89 Å². The predicted octanol–water partition coefficient (Wildman–Crippen LogP) is 5.74. The molecule has 1 unspecified atom stereocenters. The summed E-state index contributed by atoms with van der Waals surface area (Å²) in [6.45, 7) is 0. The molecule has 1 aromatic heterocycles. The molecule has 0 saturated heterocycles. The number of aliphatic hydroxyl groups excluding tert-OH is 1. The topological polar surface area (TPSA) is 86.8 Å². The summed E-state index contributed by atoms with van der Waals surface area (Å²) in [6.07, 6.45) is -0.394. The molecule has 1 heterocycles. The highest BCUT2D eigenvalue weighted by atomic mass is 32.1. The number of benzene rings is 3. The number of hydrogen-bond acceptors (Lipinski definition) is 5. The van der Waals surface area contributed by atoms with E-state index in [-0.39, 0.29) is 5.89 Å². The van der Waals surface area contributed by atoms with Crippen LogP contribution in [0.4, 0.5) is 17.1 Å². The number of rotatable bonds is 7. The van der Waals surface area contributed by atoms with Gasteiger partial charge in [-0.1, -0.05) is 36.4 Å². The lowest BCUT2D eigenvalue weighted by atomic mass is 10.1. The van der Waals surface area contributed by atoms with Crippen LogP contribution in [0, 0.1) is 0 Å². The summed E-state index contributed by atoms with van der Waals surface area (Å²) in [6, 6.07) is 25.4. The Morgan fingerprint density at radius 3 is 2.07 bits per heavy atom. The van der Waals surface area contributed by atoms with Crippen LogP contribution < -0.4 is 4.90 Å². The Bertz CT molecular complexity index is 1150. The first-order chi connectivity index (χ1) is 14.5. The molecule has 4 rings (SSSR count). The summed E-state index contributed by atoms with van der Waals surface area (Å²) < 4.78 is 5.81. The van der Waals surface area contributed by atoms with Gasteiger partial charge >= 0.3 is 5.97 Å². The number of nitrogens with zero attached hydrogens (tertiary/aromatic N) is 2. The van der Waals surface area contributed by atoms with Gasteiger partial charge in [0.1, 0.15) is 11.4 Å². The SMILES string of the molecule is O=C(O)CC(C(O)=S)c1nc2ccc(N(c3ccccc3)c3ccccc3)cc2o1. The van der Waals surface area contributed by atoms with Crippen molar-refractivity contribution in [2.24, 2.45) is 0 Å². The summed E-state index contributed by atoms with van der Waals surface area (Å²) in [5.74, 6) is -1.99. The molecule has 6 nitrogen and oxygen atoms in total. The number of thiocarbonyl (C=S) groups is 1. The second-order valence-corrected chi connectivity index (χ2v) is 7.12. The van der Waals surface area contributed by atoms with Gasteiger partial charge in [0, 0.05) is 23.1 Å². The highest BCUT2D eigenvalue weighted by Crippen LogP contribution is 2.36. The lowest BCUT2D eigenvalue weighted by molar-refractivity contribution is -0.137. The van der Waals surface area contributed by atoms with Crippen molar-refractivity contribution < 1.29 is 19.4 Å². The Kier molecular flexibility index (Phi) is 5.45. The number of aliphatic carboxylic acids is 1. The number of oxazole rings is 1. The molecule has 30 heavy (non-hydrogen) atoms. The highest BCUT2D eigenvalue weighted by molar-refractivity contribution is 7.80. The van der Waals surface area contributed by atoms with E-state index in [0.29, 0.717) is 11.1 Å². The normalized spacial score (nSPS) is 11.9. The van der Waals surface area contributed by atoms with E-state index < -0.39 is 23.4 Å². The second kappa shape index (κ2) is 8.34. The minimum absolute atomic E-state index is 0.0861. The fourth-order valence-electron chi connectivity index (χ4n) is 3.28. The van der Waals surface area contributed by atoms with Gasteiger partial charge in [-0.15, -0.1) is 0 Å². The summed E-state index contributed by atoms with van der Waals surface area (Å²) in [4.78, 5) is 17.5. The Balaban J connectivity index is 1.79. The van der Waals surface area contributed by atoms with E-state index in [1.165, 1.54) is 0 Å². The number of para-hydroxylation sites is 2. The average molecular weight is 418 g/mol. The van der Waals surface area contributed by atoms with Gasteiger partial charge in [-0.3, -0.25) is 4.79 Å². The molecule has 0 spiro atoms. The minimum Gasteiger partial charge on any atom is -0.501 e. The van der Waals surface area contributed by atoms with E-state index in [9.17, 15) is 9.90 Å². The molecule has 3 aromatic carbocycles. The third kappa shape index (κ3) is 4.01. The van der Waals surface area contributed by atoms with Crippen LogP contribution in [0.2, 0.25) is 0 Å². The van der Waals surface area contributed by atoms with Gasteiger partial charge in [0.15, 0.2) is 10.6 Å². The van der Waals surface area contributed by atoms with Crippen molar-refractivity contribution in [2.45, 2.75) is 12.3 Å². The van der Waals surface area contributed by atoms with Gasteiger partial charge in [0.05, 0.1) is 6.42 Å². The molecule has 0 bridgehead atoms. The van der Waals surface area contributed by atoms with Gasteiger partial charge in [-0.25, -0.2) is 4.98 Å². The lowest BCUT2D eigenvalue weighted by Gasteiger charge is -2.25. The molecule has 7 heteroatoms. The monoisotopic (exact) mass is 418 g/mol. The van der Waals surface area contributed by atoms with Crippen molar-refractivity contribution >= 4 is 51.4 Å². The van der Waals surface area contributed by atoms with Crippen molar-refractivity contribution in [1.82, 2.24) is 4.98 Å². The quantitative estimate of drug-likeness (QED) is 0.370. The number of anilines is 3. The van der Waals surface area contributed by atoms with Crippen molar-refractivity contribution in [3.05, 3.63) is 84.8 Å². The first kappa shape index (κ1) is 19.6. The van der Waals surface area contributed by atoms with Gasteiger partial charge in [-0.05, 0) is 48.6 Å². The number of carboxylic acids is 1. The number of hydrogen-bond donors (Lipinski definition) is 2. The van der Waals surface area contributed by atoms with Crippen LogP contribution in [0.1, 0.15) is 18.2 Å². The van der Waals surface area contributed by atoms with E-state index in [1.54, 1.807) is 6.07 Å². The molecule has 0 saturated carbocycles. The largest absolute Gasteiger partial charge is 0.501 e. The molecule has 0 aliphatic rings. The van der Waals surface area contributed by atoms with Gasteiger partial charge in [-0.2, -0.15) is 0 Å². The third-order valence-electron chi connectivity index (χ3n) is 4.65. The zero-order valence-corrected chi connectivity index (χ0v) is 16.6. The smallest absolute Gasteiger partial charge is 0.304 e. The van der Waals surface area contributed by atoms with E-state index >= 15 is 0 Å². The fraction of sp³-hybridized carbons (Fsp3) is 0.0870. The van der Waals surface area contributed by atoms with Crippen molar-refractivity contribution in [3.63, 3.8) is 0 Å². The second-order valence-electron chi connectivity index (χ2n) is 6.70. The number of carbonyl (C=O) groups is 1. The van der Waals surface area contributed by atoms with Crippen molar-refractivity contribution in [3.8, 4) is 0 Å². The van der Waals surface area contributed by atoms with E-state index in [4.69, 9.17) is 21.7 Å². The first-order valence-corrected chi connectivity index (χ1v) is 9.69. The molecule has 4 aromatic rings. The van der Waals surface area contributed by atoms with Crippen molar-refractivity contribution in [1.29, 1.82) is 0 Å². The van der Waals surface area contributed by atoms with Gasteiger partial charge < -0.3 is 19.5 Å².